The number of carbonyl (C=O) groups excluding carboxylic acids is 1. The monoisotopic (exact) mass is 395 g/mol. The van der Waals surface area contributed by atoms with Crippen LogP contribution in [0.2, 0.25) is 0 Å². The molecule has 1 aromatic heterocycles. The first kappa shape index (κ1) is 21.1. The van der Waals surface area contributed by atoms with E-state index in [2.05, 4.69) is 5.10 Å². The minimum atomic E-state index is -1.23. The highest BCUT2D eigenvalue weighted by Crippen LogP contribution is 2.36. The van der Waals surface area contributed by atoms with Gasteiger partial charge < -0.3 is 18.9 Å². The molecule has 9 heteroatoms. The fourth-order valence-corrected chi connectivity index (χ4v) is 3.32. The number of hydrogen-bond donors (Lipinski definition) is 0. The fraction of sp³-hybridized carbons (Fsp3) is 0.789. The maximum absolute atomic E-state index is 14.8. The van der Waals surface area contributed by atoms with E-state index in [-0.39, 0.29) is 6.54 Å². The van der Waals surface area contributed by atoms with E-state index in [9.17, 15) is 9.18 Å². The van der Waals surface area contributed by atoms with Crippen LogP contribution in [0.4, 0.5) is 9.18 Å². The summed E-state index contributed by atoms with van der Waals surface area (Å²) in [5.41, 5.74) is -0.720. The van der Waals surface area contributed by atoms with Gasteiger partial charge in [0.2, 0.25) is 0 Å². The van der Waals surface area contributed by atoms with Crippen LogP contribution >= 0.6 is 0 Å². The first-order valence-electron chi connectivity index (χ1n) is 9.81. The van der Waals surface area contributed by atoms with Gasteiger partial charge in [0.1, 0.15) is 11.8 Å². The number of hydrogen-bond acceptors (Lipinski definition) is 5. The van der Waals surface area contributed by atoms with Crippen LogP contribution in [0, 0.1) is 0 Å². The van der Waals surface area contributed by atoms with E-state index in [1.54, 1.807) is 37.8 Å². The molecule has 7 nitrogen and oxygen atoms in total. The predicted molar refractivity (Wildman–Crippen MR) is 104 cm³/mol. The number of nitrogens with zero attached hydrogens (tertiary/aromatic N) is 3. The Morgan fingerprint density at radius 3 is 2.43 bits per heavy atom. The molecule has 2 aliphatic rings. The van der Waals surface area contributed by atoms with Gasteiger partial charge in [0, 0.05) is 24.4 Å². The summed E-state index contributed by atoms with van der Waals surface area (Å²) in [5, 5.41) is 4.34. The van der Waals surface area contributed by atoms with Crippen LogP contribution in [0.1, 0.15) is 60.9 Å². The van der Waals surface area contributed by atoms with Gasteiger partial charge in [-0.1, -0.05) is 0 Å². The summed E-state index contributed by atoms with van der Waals surface area (Å²) < 4.78 is 33.9. The van der Waals surface area contributed by atoms with Gasteiger partial charge in [-0.2, -0.15) is 5.10 Å². The van der Waals surface area contributed by atoms with Gasteiger partial charge in [-0.25, -0.2) is 9.18 Å². The van der Waals surface area contributed by atoms with Crippen molar-refractivity contribution in [3.8, 4) is 0 Å². The zero-order valence-electron chi connectivity index (χ0n) is 17.9. The molecular formula is C19H31BFN3O4. The van der Waals surface area contributed by atoms with Crippen molar-refractivity contribution in [2.75, 3.05) is 13.1 Å². The molecule has 1 amide bonds. The van der Waals surface area contributed by atoms with Crippen LogP contribution in [-0.4, -0.2) is 64.0 Å². The molecule has 2 atom stereocenters. The Morgan fingerprint density at radius 1 is 1.29 bits per heavy atom. The minimum Gasteiger partial charge on any atom is -0.444 e. The van der Waals surface area contributed by atoms with Gasteiger partial charge in [-0.3, -0.25) is 4.68 Å². The molecule has 0 bridgehead atoms. The van der Waals surface area contributed by atoms with E-state index in [1.807, 2.05) is 27.7 Å². The Balaban J connectivity index is 1.64. The minimum absolute atomic E-state index is 0.00867. The molecule has 0 unspecified atom stereocenters. The Labute approximate surface area is 166 Å². The summed E-state index contributed by atoms with van der Waals surface area (Å²) in [6.07, 6.45) is 2.20. The molecule has 2 saturated heterocycles. The molecule has 2 fully saturated rings. The summed E-state index contributed by atoms with van der Waals surface area (Å²) in [4.78, 5) is 13.6. The zero-order valence-corrected chi connectivity index (χ0v) is 17.9. The fourth-order valence-electron chi connectivity index (χ4n) is 3.32. The molecular weight excluding hydrogens is 364 g/mol. The normalized spacial score (nSPS) is 27.1. The van der Waals surface area contributed by atoms with E-state index in [0.717, 1.165) is 5.46 Å². The van der Waals surface area contributed by atoms with Crippen LogP contribution in [-0.2, 0) is 14.0 Å². The van der Waals surface area contributed by atoms with E-state index in [1.165, 1.54) is 4.90 Å². The van der Waals surface area contributed by atoms with Gasteiger partial charge in [0.15, 0.2) is 0 Å². The summed E-state index contributed by atoms with van der Waals surface area (Å²) in [5.74, 6) is 0. The highest BCUT2D eigenvalue weighted by atomic mass is 19.1. The van der Waals surface area contributed by atoms with Crippen molar-refractivity contribution in [1.29, 1.82) is 0 Å². The van der Waals surface area contributed by atoms with Crippen molar-refractivity contribution in [3.63, 3.8) is 0 Å². The third kappa shape index (κ3) is 4.20. The second-order valence-corrected chi connectivity index (χ2v) is 9.64. The number of rotatable bonds is 2. The predicted octanol–water partition coefficient (Wildman–Crippen LogP) is 2.70. The van der Waals surface area contributed by atoms with Crippen LogP contribution in [0.15, 0.2) is 12.4 Å². The molecule has 0 spiro atoms. The van der Waals surface area contributed by atoms with Crippen LogP contribution in [0.25, 0.3) is 0 Å². The number of piperidine rings is 1. The maximum atomic E-state index is 14.8. The van der Waals surface area contributed by atoms with Gasteiger partial charge in [-0.05, 0) is 54.9 Å². The van der Waals surface area contributed by atoms with Gasteiger partial charge in [0.25, 0.3) is 0 Å². The molecule has 0 aliphatic carbocycles. The molecule has 28 heavy (non-hydrogen) atoms. The number of halogens is 1. The smallest absolute Gasteiger partial charge is 0.444 e. The Bertz CT molecular complexity index is 715. The van der Waals surface area contributed by atoms with Gasteiger partial charge >= 0.3 is 13.2 Å². The second-order valence-electron chi connectivity index (χ2n) is 9.64. The number of aromatic nitrogens is 2. The van der Waals surface area contributed by atoms with Crippen LogP contribution < -0.4 is 5.46 Å². The number of ether oxygens (including phenoxy) is 1. The lowest BCUT2D eigenvalue weighted by atomic mass is 9.82. The number of amides is 1. The van der Waals surface area contributed by atoms with Crippen LogP contribution in [0.5, 0.6) is 0 Å². The Morgan fingerprint density at radius 2 is 1.89 bits per heavy atom. The lowest BCUT2D eigenvalue weighted by molar-refractivity contribution is 0.00576. The number of alkyl halides is 1. The molecule has 1 aromatic rings. The summed E-state index contributed by atoms with van der Waals surface area (Å²) >= 11 is 0. The molecule has 156 valence electrons. The quantitative estimate of drug-likeness (QED) is 0.721. The SMILES string of the molecule is CC(C)(C)OC(=O)N1CC[C@@H](n2cc(B3OC(C)(C)C(C)(C)O3)cn2)[C@@H](F)C1. The van der Waals surface area contributed by atoms with Crippen molar-refractivity contribution in [2.45, 2.75) is 83.9 Å². The standard InChI is InChI=1S/C19H31BFN3O4/c1-17(2,3)26-16(25)23-9-8-15(14(21)12-23)24-11-13(10-22-24)20-27-18(4,5)19(6,7)28-20/h10-11,14-15H,8-9,12H2,1-7H3/t14-,15+/m0/s1. The summed E-state index contributed by atoms with van der Waals surface area (Å²) in [6.45, 7) is 13.8. The largest absolute Gasteiger partial charge is 0.498 e. The van der Waals surface area contributed by atoms with Crippen LogP contribution in [0.3, 0.4) is 0 Å². The van der Waals surface area contributed by atoms with Crippen molar-refractivity contribution in [3.05, 3.63) is 12.4 Å². The van der Waals surface area contributed by atoms with Crippen molar-refractivity contribution >= 4 is 18.7 Å². The molecule has 3 heterocycles. The molecule has 0 aromatic carbocycles. The number of carbonyl (C=O) groups is 1. The topological polar surface area (TPSA) is 65.8 Å². The highest BCUT2D eigenvalue weighted by Gasteiger charge is 2.52. The van der Waals surface area contributed by atoms with E-state index in [4.69, 9.17) is 14.0 Å². The lowest BCUT2D eigenvalue weighted by Gasteiger charge is -2.35. The summed E-state index contributed by atoms with van der Waals surface area (Å²) in [7, 11) is -0.529. The van der Waals surface area contributed by atoms with Crippen molar-refractivity contribution in [1.82, 2.24) is 14.7 Å². The van der Waals surface area contributed by atoms with Crippen molar-refractivity contribution < 1.29 is 23.2 Å². The van der Waals surface area contributed by atoms with Gasteiger partial charge in [-0.15, -0.1) is 0 Å². The van der Waals surface area contributed by atoms with E-state index in [0.29, 0.717) is 13.0 Å². The third-order valence-electron chi connectivity index (χ3n) is 5.65. The maximum Gasteiger partial charge on any atom is 0.498 e. The summed E-state index contributed by atoms with van der Waals surface area (Å²) in [6, 6.07) is -0.435. The average Bonchev–Trinajstić information content (AvgIpc) is 3.08. The zero-order chi connectivity index (χ0) is 20.9. The van der Waals surface area contributed by atoms with E-state index < -0.39 is 42.2 Å². The van der Waals surface area contributed by atoms with Crippen molar-refractivity contribution in [2.24, 2.45) is 0 Å². The van der Waals surface area contributed by atoms with E-state index >= 15 is 0 Å². The second kappa shape index (κ2) is 7.02. The first-order chi connectivity index (χ1) is 12.8. The Hall–Kier alpha value is -1.61. The average molecular weight is 395 g/mol. The highest BCUT2D eigenvalue weighted by molar-refractivity contribution is 6.62. The Kier molecular flexibility index (Phi) is 5.29. The molecule has 3 rings (SSSR count). The third-order valence-corrected chi connectivity index (χ3v) is 5.65. The number of likely N-dealkylation sites (tertiary alicyclic amines) is 1. The molecule has 2 aliphatic heterocycles. The first-order valence-corrected chi connectivity index (χ1v) is 9.81. The lowest BCUT2D eigenvalue weighted by Crippen LogP contribution is -2.47. The molecule has 0 saturated carbocycles. The van der Waals surface area contributed by atoms with Gasteiger partial charge in [0.05, 0.1) is 23.8 Å². The molecule has 0 N–H and O–H groups in total. The molecule has 0 radical (unpaired) electrons.